The van der Waals surface area contributed by atoms with Crippen LogP contribution in [0.5, 0.6) is 0 Å². The number of H-pyrrole nitrogens is 1. The quantitative estimate of drug-likeness (QED) is 0.653. The molecule has 0 amide bonds. The summed E-state index contributed by atoms with van der Waals surface area (Å²) < 4.78 is 0. The number of rotatable bonds is 3. The van der Waals surface area contributed by atoms with E-state index in [0.717, 1.165) is 28.0 Å². The lowest BCUT2D eigenvalue weighted by Gasteiger charge is -2.21. The standard InChI is InChI=1S/C16H20N6.C2H6/c1-10-8-17-15(21-16(2,3)4)20-14(10)19-12-6-5-7-13-11(12)9-18-22-13;1-2/h5-9H,1-4H3,(H,18,22)(H2,17,19,20,21);1-2H3. The van der Waals surface area contributed by atoms with Crippen molar-refractivity contribution in [3.8, 4) is 0 Å². The molecule has 0 aliphatic carbocycles. The van der Waals surface area contributed by atoms with Crippen LogP contribution in [-0.4, -0.2) is 25.7 Å². The summed E-state index contributed by atoms with van der Waals surface area (Å²) in [5.41, 5.74) is 2.86. The van der Waals surface area contributed by atoms with Crippen LogP contribution in [0.1, 0.15) is 40.2 Å². The molecule has 0 saturated heterocycles. The highest BCUT2D eigenvalue weighted by Crippen LogP contribution is 2.26. The largest absolute Gasteiger partial charge is 0.350 e. The van der Waals surface area contributed by atoms with Gasteiger partial charge in [0.2, 0.25) is 5.95 Å². The van der Waals surface area contributed by atoms with Gasteiger partial charge in [-0.05, 0) is 39.8 Å². The summed E-state index contributed by atoms with van der Waals surface area (Å²) in [7, 11) is 0. The number of anilines is 3. The molecule has 0 unspecified atom stereocenters. The van der Waals surface area contributed by atoms with Crippen molar-refractivity contribution in [2.75, 3.05) is 10.6 Å². The van der Waals surface area contributed by atoms with Crippen LogP contribution in [0.25, 0.3) is 10.9 Å². The van der Waals surface area contributed by atoms with Gasteiger partial charge in [-0.15, -0.1) is 0 Å². The Morgan fingerprint density at radius 2 is 1.83 bits per heavy atom. The first-order valence-corrected chi connectivity index (χ1v) is 8.23. The van der Waals surface area contributed by atoms with Crippen LogP contribution in [0, 0.1) is 6.92 Å². The second-order valence-corrected chi connectivity index (χ2v) is 6.36. The normalized spacial score (nSPS) is 10.9. The zero-order chi connectivity index (χ0) is 17.7. The zero-order valence-corrected chi connectivity index (χ0v) is 15.2. The second kappa shape index (κ2) is 7.29. The van der Waals surface area contributed by atoms with Crippen LogP contribution >= 0.6 is 0 Å². The van der Waals surface area contributed by atoms with Gasteiger partial charge in [-0.3, -0.25) is 5.10 Å². The van der Waals surface area contributed by atoms with Gasteiger partial charge < -0.3 is 10.6 Å². The van der Waals surface area contributed by atoms with Crippen molar-refractivity contribution in [3.05, 3.63) is 36.2 Å². The number of aromatic amines is 1. The molecule has 0 radical (unpaired) electrons. The predicted molar refractivity (Wildman–Crippen MR) is 101 cm³/mol. The fourth-order valence-corrected chi connectivity index (χ4v) is 2.17. The Labute approximate surface area is 143 Å². The Kier molecular flexibility index (Phi) is 5.39. The van der Waals surface area contributed by atoms with Crippen molar-refractivity contribution in [1.29, 1.82) is 0 Å². The topological polar surface area (TPSA) is 78.5 Å². The van der Waals surface area contributed by atoms with Crippen molar-refractivity contribution in [2.24, 2.45) is 0 Å². The van der Waals surface area contributed by atoms with E-state index in [1.165, 1.54) is 0 Å². The van der Waals surface area contributed by atoms with Gasteiger partial charge >= 0.3 is 0 Å². The third-order valence-electron chi connectivity index (χ3n) is 3.20. The van der Waals surface area contributed by atoms with Crippen LogP contribution in [0.15, 0.2) is 30.6 Å². The first kappa shape index (κ1) is 17.7. The maximum atomic E-state index is 4.58. The molecule has 3 N–H and O–H groups in total. The molecular weight excluding hydrogens is 300 g/mol. The van der Waals surface area contributed by atoms with Gasteiger partial charge in [0.1, 0.15) is 5.82 Å². The third-order valence-corrected chi connectivity index (χ3v) is 3.20. The lowest BCUT2D eigenvalue weighted by atomic mass is 10.1. The van der Waals surface area contributed by atoms with Crippen molar-refractivity contribution in [3.63, 3.8) is 0 Å². The van der Waals surface area contributed by atoms with Crippen molar-refractivity contribution >= 4 is 28.4 Å². The average Bonchev–Trinajstić information content (AvgIpc) is 3.01. The molecule has 1 aromatic carbocycles. The van der Waals surface area contributed by atoms with E-state index in [4.69, 9.17) is 0 Å². The minimum absolute atomic E-state index is 0.0862. The van der Waals surface area contributed by atoms with E-state index in [1.807, 2.05) is 51.4 Å². The molecule has 6 heteroatoms. The number of nitrogens with one attached hydrogen (secondary N) is 3. The summed E-state index contributed by atoms with van der Waals surface area (Å²) in [5, 5.41) is 14.7. The van der Waals surface area contributed by atoms with Crippen LogP contribution in [0.4, 0.5) is 17.5 Å². The molecule has 0 fully saturated rings. The maximum Gasteiger partial charge on any atom is 0.225 e. The van der Waals surface area contributed by atoms with Gasteiger partial charge in [0.15, 0.2) is 0 Å². The minimum atomic E-state index is -0.0862. The summed E-state index contributed by atoms with van der Waals surface area (Å²) in [5.74, 6) is 1.40. The van der Waals surface area contributed by atoms with E-state index in [9.17, 15) is 0 Å². The molecule has 0 spiro atoms. The predicted octanol–water partition coefficient (Wildman–Crippen LogP) is 4.64. The number of fused-ring (bicyclic) bond motifs is 1. The molecule has 3 rings (SSSR count). The summed E-state index contributed by atoms with van der Waals surface area (Å²) in [6.45, 7) is 12.2. The van der Waals surface area contributed by atoms with E-state index in [-0.39, 0.29) is 5.54 Å². The smallest absolute Gasteiger partial charge is 0.225 e. The number of aromatic nitrogens is 4. The third kappa shape index (κ3) is 4.22. The fourth-order valence-electron chi connectivity index (χ4n) is 2.17. The molecular formula is C18H26N6. The number of aryl methyl sites for hydroxylation is 1. The fraction of sp³-hybridized carbons (Fsp3) is 0.389. The zero-order valence-electron chi connectivity index (χ0n) is 15.2. The Bertz CT molecular complexity index is 801. The minimum Gasteiger partial charge on any atom is -0.350 e. The van der Waals surface area contributed by atoms with Crippen LogP contribution in [0.3, 0.4) is 0 Å². The molecule has 24 heavy (non-hydrogen) atoms. The molecule has 0 atom stereocenters. The number of benzene rings is 1. The molecule has 0 saturated carbocycles. The molecule has 0 bridgehead atoms. The summed E-state index contributed by atoms with van der Waals surface area (Å²) in [6.07, 6.45) is 3.63. The Balaban J connectivity index is 0.00000100. The highest BCUT2D eigenvalue weighted by atomic mass is 15.2. The van der Waals surface area contributed by atoms with E-state index in [2.05, 4.69) is 51.6 Å². The molecule has 3 aromatic rings. The van der Waals surface area contributed by atoms with E-state index < -0.39 is 0 Å². The molecule has 2 aromatic heterocycles. The average molecular weight is 326 g/mol. The maximum absolute atomic E-state index is 4.58. The van der Waals surface area contributed by atoms with E-state index in [0.29, 0.717) is 5.95 Å². The SMILES string of the molecule is CC.Cc1cnc(NC(C)(C)C)nc1Nc1cccc2[nH]ncc12. The monoisotopic (exact) mass is 326 g/mol. The second-order valence-electron chi connectivity index (χ2n) is 6.36. The van der Waals surface area contributed by atoms with Crippen LogP contribution < -0.4 is 10.6 Å². The molecule has 128 valence electrons. The van der Waals surface area contributed by atoms with Crippen molar-refractivity contribution in [1.82, 2.24) is 20.2 Å². The van der Waals surface area contributed by atoms with Crippen molar-refractivity contribution in [2.45, 2.75) is 47.1 Å². The van der Waals surface area contributed by atoms with Crippen LogP contribution in [-0.2, 0) is 0 Å². The molecule has 6 nitrogen and oxygen atoms in total. The van der Waals surface area contributed by atoms with Gasteiger partial charge in [-0.25, -0.2) is 4.98 Å². The number of hydrogen-bond donors (Lipinski definition) is 3. The van der Waals surface area contributed by atoms with Gasteiger partial charge in [0.25, 0.3) is 0 Å². The lowest BCUT2D eigenvalue weighted by Crippen LogP contribution is -2.27. The van der Waals surface area contributed by atoms with E-state index in [1.54, 1.807) is 0 Å². The first-order chi connectivity index (χ1) is 11.4. The summed E-state index contributed by atoms with van der Waals surface area (Å²) in [6, 6.07) is 5.98. The summed E-state index contributed by atoms with van der Waals surface area (Å²) in [4.78, 5) is 8.92. The Hall–Kier alpha value is -2.63. The van der Waals surface area contributed by atoms with Gasteiger partial charge in [0, 0.05) is 22.7 Å². The van der Waals surface area contributed by atoms with Crippen LogP contribution in [0.2, 0.25) is 0 Å². The highest BCUT2D eigenvalue weighted by Gasteiger charge is 2.13. The molecule has 0 aliphatic rings. The molecule has 0 aliphatic heterocycles. The lowest BCUT2D eigenvalue weighted by molar-refractivity contribution is 0.626. The van der Waals surface area contributed by atoms with Crippen molar-refractivity contribution < 1.29 is 0 Å². The summed E-state index contributed by atoms with van der Waals surface area (Å²) >= 11 is 0. The first-order valence-electron chi connectivity index (χ1n) is 8.23. The van der Waals surface area contributed by atoms with E-state index >= 15 is 0 Å². The van der Waals surface area contributed by atoms with Gasteiger partial charge in [-0.1, -0.05) is 19.9 Å². The molecule has 2 heterocycles. The van der Waals surface area contributed by atoms with Gasteiger partial charge in [0.05, 0.1) is 17.4 Å². The number of nitrogens with zero attached hydrogens (tertiary/aromatic N) is 3. The van der Waals surface area contributed by atoms with Gasteiger partial charge in [-0.2, -0.15) is 10.1 Å². The Morgan fingerprint density at radius 3 is 2.54 bits per heavy atom. The Morgan fingerprint density at radius 1 is 1.08 bits per heavy atom. The number of hydrogen-bond acceptors (Lipinski definition) is 5. The highest BCUT2D eigenvalue weighted by molar-refractivity contribution is 5.92.